The van der Waals surface area contributed by atoms with Gasteiger partial charge in [-0.15, -0.1) is 0 Å². The number of nitrogens with one attached hydrogen (secondary N) is 1. The van der Waals surface area contributed by atoms with Crippen LogP contribution in [0.2, 0.25) is 0 Å². The van der Waals surface area contributed by atoms with Gasteiger partial charge in [-0.1, -0.05) is 18.2 Å². The maximum absolute atomic E-state index is 12.4. The van der Waals surface area contributed by atoms with Gasteiger partial charge in [-0.3, -0.25) is 9.89 Å². The molecule has 0 radical (unpaired) electrons. The number of H-pyrrole nitrogens is 1. The summed E-state index contributed by atoms with van der Waals surface area (Å²) in [6.45, 7) is 3.72. The number of benzene rings is 1. The average molecular weight is 258 g/mol. The van der Waals surface area contributed by atoms with E-state index in [9.17, 15) is 4.79 Å². The van der Waals surface area contributed by atoms with Gasteiger partial charge in [0.1, 0.15) is 0 Å². The van der Waals surface area contributed by atoms with Crippen LogP contribution in [-0.2, 0) is 0 Å². The predicted molar refractivity (Wildman–Crippen MR) is 77.0 cm³/mol. The van der Waals surface area contributed by atoms with Crippen molar-refractivity contribution in [1.29, 1.82) is 0 Å². The van der Waals surface area contributed by atoms with Crippen molar-refractivity contribution in [3.63, 3.8) is 0 Å². The molecule has 0 unspecified atom stereocenters. The summed E-state index contributed by atoms with van der Waals surface area (Å²) in [4.78, 5) is 12.4. The van der Waals surface area contributed by atoms with Crippen LogP contribution in [0.15, 0.2) is 40.2 Å². The molecule has 100 valence electrons. The summed E-state index contributed by atoms with van der Waals surface area (Å²) in [5.74, 6) is 0. The summed E-state index contributed by atoms with van der Waals surface area (Å²) >= 11 is 0. The van der Waals surface area contributed by atoms with E-state index in [1.807, 2.05) is 58.3 Å². The molecular weight excluding hydrogens is 240 g/mol. The summed E-state index contributed by atoms with van der Waals surface area (Å²) in [5, 5.41) is 9.07. The van der Waals surface area contributed by atoms with Gasteiger partial charge in [0.25, 0.3) is 5.56 Å². The normalized spacial score (nSPS) is 11.7. The highest BCUT2D eigenvalue weighted by Gasteiger charge is 2.14. The minimum atomic E-state index is -0.0770. The molecule has 1 heterocycles. The molecule has 0 bridgehead atoms. The minimum absolute atomic E-state index is 0.0770. The van der Waals surface area contributed by atoms with Crippen LogP contribution >= 0.6 is 0 Å². The number of nitrogens with zero attached hydrogens (tertiary/aromatic N) is 3. The Hall–Kier alpha value is -2.30. The van der Waals surface area contributed by atoms with Crippen LogP contribution in [0.25, 0.3) is 5.69 Å². The van der Waals surface area contributed by atoms with Gasteiger partial charge in [0.05, 0.1) is 17.0 Å². The summed E-state index contributed by atoms with van der Waals surface area (Å²) < 4.78 is 1.54. The fraction of sp³-hybridized carbons (Fsp3) is 0.286. The van der Waals surface area contributed by atoms with Crippen LogP contribution in [0, 0.1) is 6.92 Å². The zero-order chi connectivity index (χ0) is 14.0. The Morgan fingerprint density at radius 2 is 1.89 bits per heavy atom. The maximum atomic E-state index is 12.4. The lowest BCUT2D eigenvalue weighted by molar-refractivity contribution is 0.437. The lowest BCUT2D eigenvalue weighted by Crippen LogP contribution is -2.20. The summed E-state index contributed by atoms with van der Waals surface area (Å²) in [5.41, 5.74) is 2.89. The van der Waals surface area contributed by atoms with Crippen molar-refractivity contribution >= 4 is 5.71 Å². The Labute approximate surface area is 112 Å². The first-order valence-electron chi connectivity index (χ1n) is 6.10. The van der Waals surface area contributed by atoms with E-state index < -0.39 is 0 Å². The number of aryl methyl sites for hydroxylation is 1. The molecule has 5 nitrogen and oxygen atoms in total. The van der Waals surface area contributed by atoms with Crippen LogP contribution in [0.5, 0.6) is 0 Å². The number of para-hydroxylation sites is 1. The molecule has 0 aliphatic heterocycles. The summed E-state index contributed by atoms with van der Waals surface area (Å²) in [6.07, 6.45) is 0. The SMILES string of the molecule is CC(=NN(C)C)c1c(C)[nH]n(-c2ccccc2)c1=O. The van der Waals surface area contributed by atoms with Crippen molar-refractivity contribution in [2.24, 2.45) is 5.10 Å². The molecule has 0 atom stereocenters. The molecule has 2 aromatic rings. The van der Waals surface area contributed by atoms with Gasteiger partial charge < -0.3 is 5.01 Å². The Balaban J connectivity index is 2.56. The van der Waals surface area contributed by atoms with E-state index in [1.165, 1.54) is 0 Å². The van der Waals surface area contributed by atoms with Crippen LogP contribution in [0.3, 0.4) is 0 Å². The molecule has 1 N–H and O–H groups in total. The van der Waals surface area contributed by atoms with Gasteiger partial charge >= 0.3 is 0 Å². The number of hydrogen-bond acceptors (Lipinski definition) is 3. The number of aromatic amines is 1. The number of hydrogen-bond donors (Lipinski definition) is 1. The van der Waals surface area contributed by atoms with E-state index in [0.29, 0.717) is 11.3 Å². The smallest absolute Gasteiger partial charge is 0.280 e. The number of aromatic nitrogens is 2. The Bertz CT molecular complexity index is 650. The van der Waals surface area contributed by atoms with Crippen LogP contribution < -0.4 is 5.56 Å². The van der Waals surface area contributed by atoms with Crippen molar-refractivity contribution in [3.05, 3.63) is 51.9 Å². The number of rotatable bonds is 3. The molecule has 0 aliphatic carbocycles. The van der Waals surface area contributed by atoms with Crippen molar-refractivity contribution in [2.75, 3.05) is 14.1 Å². The standard InChI is InChI=1S/C14H18N4O/c1-10(15-17(3)4)13-11(2)16-18(14(13)19)12-8-6-5-7-9-12/h5-9,16H,1-4H3. The topological polar surface area (TPSA) is 53.4 Å². The van der Waals surface area contributed by atoms with Crippen molar-refractivity contribution in [3.8, 4) is 5.69 Å². The van der Waals surface area contributed by atoms with Gasteiger partial charge in [0.2, 0.25) is 0 Å². The monoisotopic (exact) mass is 258 g/mol. The Morgan fingerprint density at radius 3 is 2.47 bits per heavy atom. The van der Waals surface area contributed by atoms with Gasteiger partial charge in [-0.05, 0) is 26.0 Å². The fourth-order valence-corrected chi connectivity index (χ4v) is 2.08. The third-order valence-corrected chi connectivity index (χ3v) is 2.80. The molecule has 0 saturated carbocycles. The minimum Gasteiger partial charge on any atom is -0.303 e. The third-order valence-electron chi connectivity index (χ3n) is 2.80. The zero-order valence-electron chi connectivity index (χ0n) is 11.6. The van der Waals surface area contributed by atoms with E-state index in [0.717, 1.165) is 11.4 Å². The first-order chi connectivity index (χ1) is 9.00. The molecule has 0 spiro atoms. The molecular formula is C14H18N4O. The summed E-state index contributed by atoms with van der Waals surface area (Å²) in [6, 6.07) is 9.50. The highest BCUT2D eigenvalue weighted by atomic mass is 16.1. The van der Waals surface area contributed by atoms with Crippen molar-refractivity contribution in [1.82, 2.24) is 14.8 Å². The molecule has 2 rings (SSSR count). The molecule has 0 fully saturated rings. The molecule has 5 heteroatoms. The summed E-state index contributed by atoms with van der Waals surface area (Å²) in [7, 11) is 3.67. The van der Waals surface area contributed by atoms with Crippen molar-refractivity contribution < 1.29 is 0 Å². The molecule has 19 heavy (non-hydrogen) atoms. The van der Waals surface area contributed by atoms with E-state index in [4.69, 9.17) is 0 Å². The predicted octanol–water partition coefficient (Wildman–Crippen LogP) is 1.76. The zero-order valence-corrected chi connectivity index (χ0v) is 11.6. The van der Waals surface area contributed by atoms with Gasteiger partial charge in [-0.25, -0.2) is 4.68 Å². The number of hydrazone groups is 1. The van der Waals surface area contributed by atoms with Crippen molar-refractivity contribution in [2.45, 2.75) is 13.8 Å². The highest BCUT2D eigenvalue weighted by molar-refractivity contribution is 5.99. The Kier molecular flexibility index (Phi) is 3.55. The van der Waals surface area contributed by atoms with E-state index in [2.05, 4.69) is 10.2 Å². The van der Waals surface area contributed by atoms with Gasteiger partial charge in [-0.2, -0.15) is 5.10 Å². The quantitative estimate of drug-likeness (QED) is 0.673. The molecule has 0 saturated heterocycles. The lowest BCUT2D eigenvalue weighted by Gasteiger charge is -2.05. The molecule has 0 amide bonds. The van der Waals surface area contributed by atoms with Gasteiger partial charge in [0.15, 0.2) is 0 Å². The average Bonchev–Trinajstić information content (AvgIpc) is 2.65. The largest absolute Gasteiger partial charge is 0.303 e. The second kappa shape index (κ2) is 5.14. The van der Waals surface area contributed by atoms with E-state index >= 15 is 0 Å². The van der Waals surface area contributed by atoms with Crippen LogP contribution in [0.4, 0.5) is 0 Å². The first-order valence-corrected chi connectivity index (χ1v) is 6.10. The molecule has 1 aromatic carbocycles. The first kappa shape index (κ1) is 13.1. The van der Waals surface area contributed by atoms with Crippen LogP contribution in [0.1, 0.15) is 18.2 Å². The fourth-order valence-electron chi connectivity index (χ4n) is 2.08. The highest BCUT2D eigenvalue weighted by Crippen LogP contribution is 2.08. The van der Waals surface area contributed by atoms with Gasteiger partial charge in [0, 0.05) is 19.8 Å². The molecule has 0 aliphatic rings. The Morgan fingerprint density at radius 1 is 1.26 bits per heavy atom. The lowest BCUT2D eigenvalue weighted by atomic mass is 10.2. The van der Waals surface area contributed by atoms with Crippen LogP contribution in [-0.4, -0.2) is 34.6 Å². The second-order valence-corrected chi connectivity index (χ2v) is 4.62. The van der Waals surface area contributed by atoms with E-state index in [1.54, 1.807) is 9.69 Å². The second-order valence-electron chi connectivity index (χ2n) is 4.62. The third kappa shape index (κ3) is 2.59. The maximum Gasteiger partial charge on any atom is 0.280 e. The van der Waals surface area contributed by atoms with E-state index in [-0.39, 0.29) is 5.56 Å². The molecule has 1 aromatic heterocycles.